The van der Waals surface area contributed by atoms with Crippen LogP contribution in [0.15, 0.2) is 35.2 Å². The number of halogens is 2. The molecule has 114 valence electrons. The summed E-state index contributed by atoms with van der Waals surface area (Å²) in [7, 11) is 0. The largest absolute Gasteiger partial charge is 0.435 e. The van der Waals surface area contributed by atoms with E-state index in [1.54, 1.807) is 24.3 Å². The number of benzene rings is 1. The Balaban J connectivity index is 1.71. The molecule has 0 saturated carbocycles. The van der Waals surface area contributed by atoms with E-state index in [1.165, 1.54) is 6.39 Å². The van der Waals surface area contributed by atoms with Gasteiger partial charge in [-0.2, -0.15) is 13.8 Å². The Labute approximate surface area is 121 Å². The zero-order chi connectivity index (χ0) is 15.1. The minimum Gasteiger partial charge on any atom is -0.435 e. The summed E-state index contributed by atoms with van der Waals surface area (Å²) in [5, 5.41) is 7.00. The van der Waals surface area contributed by atoms with Crippen LogP contribution in [0.25, 0.3) is 0 Å². The number of hydrogen-bond acceptors (Lipinski definition) is 5. The highest BCUT2D eigenvalue weighted by atomic mass is 19.3. The molecule has 5 nitrogen and oxygen atoms in total. The highest BCUT2D eigenvalue weighted by Gasteiger charge is 2.06. The summed E-state index contributed by atoms with van der Waals surface area (Å²) in [6.45, 7) is -0.169. The molecule has 1 unspecified atom stereocenters. The minimum absolute atomic E-state index is 0.178. The summed E-state index contributed by atoms with van der Waals surface area (Å²) in [5.74, 6) is 0.799. The van der Waals surface area contributed by atoms with E-state index in [4.69, 9.17) is 0 Å². The van der Waals surface area contributed by atoms with Crippen molar-refractivity contribution in [3.8, 4) is 5.75 Å². The molecule has 0 saturated heterocycles. The van der Waals surface area contributed by atoms with Gasteiger partial charge in [-0.15, -0.1) is 0 Å². The van der Waals surface area contributed by atoms with Crippen LogP contribution in [0.3, 0.4) is 0 Å². The third-order valence-electron chi connectivity index (χ3n) is 3.03. The molecule has 1 N–H and O–H groups in total. The number of rotatable bonds is 8. The molecule has 1 heterocycles. The van der Waals surface area contributed by atoms with Gasteiger partial charge in [0.15, 0.2) is 5.82 Å². The topological polar surface area (TPSA) is 60.2 Å². The minimum atomic E-state index is -2.79. The Morgan fingerprint density at radius 3 is 2.67 bits per heavy atom. The second-order valence-corrected chi connectivity index (χ2v) is 4.69. The lowest BCUT2D eigenvalue weighted by atomic mass is 10.1. The van der Waals surface area contributed by atoms with E-state index in [0.717, 1.165) is 18.4 Å². The van der Waals surface area contributed by atoms with Gasteiger partial charge in [-0.1, -0.05) is 17.3 Å². The van der Waals surface area contributed by atoms with E-state index >= 15 is 0 Å². The number of aromatic nitrogens is 2. The first-order valence-electron chi connectivity index (χ1n) is 6.66. The molecule has 0 amide bonds. The lowest BCUT2D eigenvalue weighted by molar-refractivity contribution is -0.0498. The number of ether oxygens (including phenoxy) is 1. The molecular weight excluding hydrogens is 280 g/mol. The fraction of sp³-hybridized carbons (Fsp3) is 0.429. The van der Waals surface area contributed by atoms with Crippen LogP contribution >= 0.6 is 0 Å². The predicted octanol–water partition coefficient (Wildman–Crippen LogP) is 2.78. The van der Waals surface area contributed by atoms with Crippen molar-refractivity contribution in [2.75, 3.05) is 0 Å². The monoisotopic (exact) mass is 297 g/mol. The van der Waals surface area contributed by atoms with Crippen molar-refractivity contribution in [3.63, 3.8) is 0 Å². The van der Waals surface area contributed by atoms with Crippen LogP contribution in [0.1, 0.15) is 24.7 Å². The molecule has 0 bridgehead atoms. The lowest BCUT2D eigenvalue weighted by Gasteiger charge is -2.12. The van der Waals surface area contributed by atoms with E-state index < -0.39 is 6.61 Å². The Morgan fingerprint density at radius 1 is 1.29 bits per heavy atom. The van der Waals surface area contributed by atoms with Crippen LogP contribution in [0.2, 0.25) is 0 Å². The van der Waals surface area contributed by atoms with Crippen molar-refractivity contribution in [2.45, 2.75) is 39.0 Å². The molecule has 1 aromatic heterocycles. The maximum Gasteiger partial charge on any atom is 0.387 e. The molecule has 0 aliphatic rings. The fourth-order valence-electron chi connectivity index (χ4n) is 1.86. The van der Waals surface area contributed by atoms with Gasteiger partial charge in [0.1, 0.15) is 5.75 Å². The third-order valence-corrected chi connectivity index (χ3v) is 3.03. The summed E-state index contributed by atoms with van der Waals surface area (Å²) in [4.78, 5) is 3.92. The van der Waals surface area contributed by atoms with E-state index in [0.29, 0.717) is 12.4 Å². The molecule has 0 spiro atoms. The normalized spacial score (nSPS) is 12.6. The zero-order valence-corrected chi connectivity index (χ0v) is 11.6. The van der Waals surface area contributed by atoms with Crippen molar-refractivity contribution in [3.05, 3.63) is 42.0 Å². The average Bonchev–Trinajstić information content (AvgIpc) is 2.97. The number of nitrogens with one attached hydrogen (secondary N) is 1. The van der Waals surface area contributed by atoms with Crippen molar-refractivity contribution in [1.82, 2.24) is 15.5 Å². The molecule has 21 heavy (non-hydrogen) atoms. The van der Waals surface area contributed by atoms with Gasteiger partial charge in [-0.05, 0) is 37.5 Å². The first kappa shape index (κ1) is 15.4. The average molecular weight is 297 g/mol. The van der Waals surface area contributed by atoms with Gasteiger partial charge >= 0.3 is 6.61 Å². The Kier molecular flexibility index (Phi) is 5.62. The molecule has 0 aliphatic carbocycles. The Hall–Kier alpha value is -2.02. The highest BCUT2D eigenvalue weighted by Crippen LogP contribution is 2.16. The van der Waals surface area contributed by atoms with Crippen LogP contribution in [0, 0.1) is 0 Å². The molecule has 7 heteroatoms. The second-order valence-electron chi connectivity index (χ2n) is 4.69. The van der Waals surface area contributed by atoms with Crippen molar-refractivity contribution in [2.24, 2.45) is 0 Å². The molecule has 2 rings (SSSR count). The molecule has 1 atom stereocenters. The number of hydrogen-bond donors (Lipinski definition) is 1. The number of nitrogens with zero attached hydrogens (tertiary/aromatic N) is 2. The van der Waals surface area contributed by atoms with Crippen molar-refractivity contribution >= 4 is 0 Å². The predicted molar refractivity (Wildman–Crippen MR) is 72.0 cm³/mol. The second kappa shape index (κ2) is 7.68. The first-order valence-corrected chi connectivity index (χ1v) is 6.66. The standard InChI is InChI=1S/C14H17F2N3O2/c1-10(17-8-13-18-9-20-19-13)2-3-11-4-6-12(7-5-11)21-14(15)16/h4-7,9-10,14,17H,2-3,8H2,1H3. The smallest absolute Gasteiger partial charge is 0.387 e. The van der Waals surface area contributed by atoms with Gasteiger partial charge < -0.3 is 14.6 Å². The van der Waals surface area contributed by atoms with Crippen LogP contribution in [-0.2, 0) is 13.0 Å². The zero-order valence-electron chi connectivity index (χ0n) is 11.6. The van der Waals surface area contributed by atoms with Gasteiger partial charge in [0, 0.05) is 6.04 Å². The number of aryl methyl sites for hydroxylation is 1. The quantitative estimate of drug-likeness (QED) is 0.812. The van der Waals surface area contributed by atoms with Crippen LogP contribution in [-0.4, -0.2) is 22.8 Å². The molecular formula is C14H17F2N3O2. The van der Waals surface area contributed by atoms with E-state index in [9.17, 15) is 8.78 Å². The van der Waals surface area contributed by atoms with Gasteiger partial charge in [-0.3, -0.25) is 0 Å². The summed E-state index contributed by atoms with van der Waals surface area (Å²) in [6, 6.07) is 6.98. The van der Waals surface area contributed by atoms with Gasteiger partial charge in [0.05, 0.1) is 6.54 Å². The maximum atomic E-state index is 12.0. The molecule has 0 fully saturated rings. The van der Waals surface area contributed by atoms with Crippen molar-refractivity contribution in [1.29, 1.82) is 0 Å². The van der Waals surface area contributed by atoms with E-state index in [-0.39, 0.29) is 11.8 Å². The van der Waals surface area contributed by atoms with Gasteiger partial charge in [-0.25, -0.2) is 0 Å². The molecule has 2 aromatic rings. The number of alkyl halides is 2. The van der Waals surface area contributed by atoms with E-state index in [1.807, 2.05) is 0 Å². The third kappa shape index (κ3) is 5.47. The fourth-order valence-corrected chi connectivity index (χ4v) is 1.86. The lowest BCUT2D eigenvalue weighted by Crippen LogP contribution is -2.26. The van der Waals surface area contributed by atoms with Gasteiger partial charge in [0.2, 0.25) is 6.39 Å². The summed E-state index contributed by atoms with van der Waals surface area (Å²) >= 11 is 0. The van der Waals surface area contributed by atoms with Crippen LogP contribution < -0.4 is 10.1 Å². The van der Waals surface area contributed by atoms with Crippen LogP contribution in [0.5, 0.6) is 5.75 Å². The van der Waals surface area contributed by atoms with Crippen LogP contribution in [0.4, 0.5) is 8.78 Å². The maximum absolute atomic E-state index is 12.0. The SMILES string of the molecule is CC(CCc1ccc(OC(F)F)cc1)NCc1ncon1. The summed E-state index contributed by atoms with van der Waals surface area (Å²) in [6.07, 6.45) is 3.05. The molecule has 0 aliphatic heterocycles. The molecule has 0 radical (unpaired) electrons. The Morgan fingerprint density at radius 2 is 2.05 bits per heavy atom. The first-order chi connectivity index (χ1) is 10.1. The van der Waals surface area contributed by atoms with Gasteiger partial charge in [0.25, 0.3) is 0 Å². The molecule has 1 aromatic carbocycles. The highest BCUT2D eigenvalue weighted by molar-refractivity contribution is 5.27. The van der Waals surface area contributed by atoms with Crippen molar-refractivity contribution < 1.29 is 18.0 Å². The van der Waals surface area contributed by atoms with E-state index in [2.05, 4.69) is 31.6 Å². The summed E-state index contributed by atoms with van der Waals surface area (Å²) < 4.78 is 33.0. The Bertz CT molecular complexity index is 518. The summed E-state index contributed by atoms with van der Waals surface area (Å²) in [5.41, 5.74) is 1.07.